The molecule has 0 aliphatic heterocycles. The van der Waals surface area contributed by atoms with Crippen LogP contribution < -0.4 is 5.32 Å². The van der Waals surface area contributed by atoms with Gasteiger partial charge in [-0.05, 0) is 27.7 Å². The fourth-order valence-corrected chi connectivity index (χ4v) is 0.865. The van der Waals surface area contributed by atoms with Gasteiger partial charge in [-0.25, -0.2) is 9.78 Å². The van der Waals surface area contributed by atoms with Gasteiger partial charge in [0.25, 0.3) is 0 Å². The van der Waals surface area contributed by atoms with Crippen LogP contribution in [0.5, 0.6) is 0 Å². The van der Waals surface area contributed by atoms with Crippen LogP contribution in [0.25, 0.3) is 0 Å². The van der Waals surface area contributed by atoms with E-state index in [0.29, 0.717) is 5.82 Å². The van der Waals surface area contributed by atoms with Gasteiger partial charge in [0.05, 0.1) is 18.1 Å². The second-order valence-electron chi connectivity index (χ2n) is 4.17. The molecule has 0 atom stereocenters. The van der Waals surface area contributed by atoms with Crippen LogP contribution in [-0.4, -0.2) is 21.7 Å². The van der Waals surface area contributed by atoms with Crippen LogP contribution in [-0.2, 0) is 4.74 Å². The van der Waals surface area contributed by atoms with Crippen LogP contribution in [0.15, 0.2) is 12.4 Å². The number of carbonyl (C=O) groups excluding carboxylic acids is 1. The summed E-state index contributed by atoms with van der Waals surface area (Å²) in [5.41, 5.74) is 0.284. The molecule has 5 heteroatoms. The molecule has 0 aromatic carbocycles. The number of hydrogen-bond acceptors (Lipinski definition) is 4. The zero-order valence-electron chi connectivity index (χ0n) is 9.37. The summed E-state index contributed by atoms with van der Waals surface area (Å²) in [5.74, 6) is 0.384. The fraction of sp³-hybridized carbons (Fsp3) is 0.500. The van der Waals surface area contributed by atoms with Gasteiger partial charge < -0.3 is 4.74 Å². The molecule has 0 saturated carbocycles. The lowest BCUT2D eigenvalue weighted by molar-refractivity contribution is 0.0635. The summed E-state index contributed by atoms with van der Waals surface area (Å²) in [6, 6.07) is 0. The number of carbonyl (C=O) groups is 1. The van der Waals surface area contributed by atoms with Gasteiger partial charge in [0, 0.05) is 0 Å². The van der Waals surface area contributed by atoms with Crippen molar-refractivity contribution in [3.8, 4) is 0 Å². The first kappa shape index (κ1) is 11.4. The number of nitrogens with zero attached hydrogens (tertiary/aromatic N) is 2. The van der Waals surface area contributed by atoms with E-state index in [-0.39, 0.29) is 0 Å². The molecule has 82 valence electrons. The zero-order valence-corrected chi connectivity index (χ0v) is 9.37. The molecule has 1 aromatic heterocycles. The second kappa shape index (κ2) is 4.25. The zero-order chi connectivity index (χ0) is 11.5. The summed E-state index contributed by atoms with van der Waals surface area (Å²) in [6.45, 7) is 7.22. The Balaban J connectivity index is 2.55. The Bertz CT molecular complexity index is 341. The lowest BCUT2D eigenvalue weighted by Crippen LogP contribution is -2.27. The minimum absolute atomic E-state index is 0.384. The number of nitrogens with one attached hydrogen (secondary N) is 1. The first-order valence-corrected chi connectivity index (χ1v) is 4.65. The van der Waals surface area contributed by atoms with Gasteiger partial charge in [-0.15, -0.1) is 0 Å². The highest BCUT2D eigenvalue weighted by molar-refractivity contribution is 5.83. The lowest BCUT2D eigenvalue weighted by Gasteiger charge is -2.19. The summed E-state index contributed by atoms with van der Waals surface area (Å²) < 4.78 is 5.05. The molecule has 1 heterocycles. The maximum atomic E-state index is 11.3. The van der Waals surface area contributed by atoms with E-state index in [1.807, 2.05) is 6.92 Å². The van der Waals surface area contributed by atoms with E-state index in [2.05, 4.69) is 15.3 Å². The van der Waals surface area contributed by atoms with Crippen LogP contribution in [0.4, 0.5) is 10.6 Å². The minimum Gasteiger partial charge on any atom is -0.444 e. The van der Waals surface area contributed by atoms with E-state index in [1.165, 1.54) is 6.20 Å². The van der Waals surface area contributed by atoms with E-state index in [9.17, 15) is 4.79 Å². The number of anilines is 1. The number of amides is 1. The van der Waals surface area contributed by atoms with E-state index in [4.69, 9.17) is 4.74 Å². The molecular weight excluding hydrogens is 194 g/mol. The highest BCUT2D eigenvalue weighted by atomic mass is 16.6. The predicted octanol–water partition coefficient (Wildman–Crippen LogP) is 2.13. The van der Waals surface area contributed by atoms with Crippen molar-refractivity contribution in [3.05, 3.63) is 18.1 Å². The van der Waals surface area contributed by atoms with Crippen molar-refractivity contribution in [1.29, 1.82) is 0 Å². The second-order valence-corrected chi connectivity index (χ2v) is 4.17. The molecular formula is C10H15N3O2. The number of rotatable bonds is 1. The molecule has 0 aliphatic carbocycles. The van der Waals surface area contributed by atoms with Crippen molar-refractivity contribution in [1.82, 2.24) is 9.97 Å². The van der Waals surface area contributed by atoms with Crippen molar-refractivity contribution in [3.63, 3.8) is 0 Å². The summed E-state index contributed by atoms with van der Waals surface area (Å²) in [5, 5.41) is 2.49. The third-order valence-electron chi connectivity index (χ3n) is 1.41. The Morgan fingerprint density at radius 1 is 1.33 bits per heavy atom. The molecule has 5 nitrogen and oxygen atoms in total. The first-order chi connectivity index (χ1) is 6.87. The smallest absolute Gasteiger partial charge is 0.413 e. The van der Waals surface area contributed by atoms with Crippen molar-refractivity contribution in [2.45, 2.75) is 33.3 Å². The fourth-order valence-electron chi connectivity index (χ4n) is 0.865. The Morgan fingerprint density at radius 3 is 2.47 bits per heavy atom. The molecule has 0 bridgehead atoms. The van der Waals surface area contributed by atoms with Crippen molar-refractivity contribution in [2.75, 3.05) is 5.32 Å². The Kier molecular flexibility index (Phi) is 3.24. The highest BCUT2D eigenvalue weighted by Crippen LogP contribution is 2.09. The normalized spacial score (nSPS) is 10.9. The molecule has 0 saturated heterocycles. The molecule has 1 amide bonds. The Labute approximate surface area is 88.9 Å². The molecule has 1 aromatic rings. The van der Waals surface area contributed by atoms with Gasteiger partial charge >= 0.3 is 6.09 Å². The molecule has 0 radical (unpaired) electrons. The SMILES string of the molecule is Cc1cnc(NC(=O)OC(C)(C)C)cn1. The van der Waals surface area contributed by atoms with Crippen LogP contribution in [0, 0.1) is 6.92 Å². The summed E-state index contributed by atoms with van der Waals surface area (Å²) in [7, 11) is 0. The largest absolute Gasteiger partial charge is 0.444 e. The predicted molar refractivity (Wildman–Crippen MR) is 56.6 cm³/mol. The maximum Gasteiger partial charge on any atom is 0.413 e. The summed E-state index contributed by atoms with van der Waals surface area (Å²) in [4.78, 5) is 19.3. The van der Waals surface area contributed by atoms with Crippen molar-refractivity contribution < 1.29 is 9.53 Å². The monoisotopic (exact) mass is 209 g/mol. The van der Waals surface area contributed by atoms with E-state index in [0.717, 1.165) is 5.69 Å². The Hall–Kier alpha value is -1.65. The van der Waals surface area contributed by atoms with E-state index < -0.39 is 11.7 Å². The topological polar surface area (TPSA) is 64.1 Å². The van der Waals surface area contributed by atoms with Crippen LogP contribution >= 0.6 is 0 Å². The van der Waals surface area contributed by atoms with Crippen molar-refractivity contribution >= 4 is 11.9 Å². The van der Waals surface area contributed by atoms with Crippen LogP contribution in [0.1, 0.15) is 26.5 Å². The van der Waals surface area contributed by atoms with Gasteiger partial charge in [-0.3, -0.25) is 10.3 Å². The Morgan fingerprint density at radius 2 is 2.00 bits per heavy atom. The molecule has 1 rings (SSSR count). The quantitative estimate of drug-likeness (QED) is 0.769. The molecule has 0 spiro atoms. The highest BCUT2D eigenvalue weighted by Gasteiger charge is 2.16. The third-order valence-corrected chi connectivity index (χ3v) is 1.41. The molecule has 0 aliphatic rings. The molecule has 15 heavy (non-hydrogen) atoms. The van der Waals surface area contributed by atoms with Gasteiger partial charge in [0.1, 0.15) is 5.60 Å². The number of aryl methyl sites for hydroxylation is 1. The van der Waals surface area contributed by atoms with Gasteiger partial charge in [-0.1, -0.05) is 0 Å². The van der Waals surface area contributed by atoms with Crippen LogP contribution in [0.3, 0.4) is 0 Å². The van der Waals surface area contributed by atoms with Crippen molar-refractivity contribution in [2.24, 2.45) is 0 Å². The summed E-state index contributed by atoms with van der Waals surface area (Å²) >= 11 is 0. The number of aromatic nitrogens is 2. The molecule has 0 unspecified atom stereocenters. The van der Waals surface area contributed by atoms with Crippen LogP contribution in [0.2, 0.25) is 0 Å². The van der Waals surface area contributed by atoms with E-state index >= 15 is 0 Å². The summed E-state index contributed by atoms with van der Waals surface area (Å²) in [6.07, 6.45) is 2.53. The first-order valence-electron chi connectivity index (χ1n) is 4.65. The minimum atomic E-state index is -0.527. The third kappa shape index (κ3) is 4.39. The van der Waals surface area contributed by atoms with Gasteiger partial charge in [0.2, 0.25) is 0 Å². The number of ether oxygens (including phenoxy) is 1. The maximum absolute atomic E-state index is 11.3. The lowest BCUT2D eigenvalue weighted by atomic mass is 10.2. The molecule has 1 N–H and O–H groups in total. The average Bonchev–Trinajstić information content (AvgIpc) is 2.05. The van der Waals surface area contributed by atoms with Gasteiger partial charge in [0.15, 0.2) is 5.82 Å². The number of hydrogen-bond donors (Lipinski definition) is 1. The van der Waals surface area contributed by atoms with Gasteiger partial charge in [-0.2, -0.15) is 0 Å². The van der Waals surface area contributed by atoms with E-state index in [1.54, 1.807) is 27.0 Å². The molecule has 0 fully saturated rings. The average molecular weight is 209 g/mol. The standard InChI is InChI=1S/C10H15N3O2/c1-7-5-12-8(6-11-7)13-9(14)15-10(2,3)4/h5-6H,1-4H3,(H,12,13,14).